The number of hydrogen-bond acceptors (Lipinski definition) is 5. The Morgan fingerprint density at radius 1 is 0.897 bits per heavy atom. The number of benzene rings is 2. The third kappa shape index (κ3) is 4.44. The molecule has 0 fully saturated rings. The molecule has 2 aromatic carbocycles. The Hall–Kier alpha value is -2.43. The van der Waals surface area contributed by atoms with E-state index in [1.54, 1.807) is 24.3 Å². The van der Waals surface area contributed by atoms with E-state index < -0.39 is 0 Å². The molecular formula is C22H30N4O2P+. The van der Waals surface area contributed by atoms with Gasteiger partial charge in [-0.2, -0.15) is 0 Å². The monoisotopic (exact) mass is 413 g/mol. The number of nitrogens with two attached hydrogens (primary N) is 2. The minimum atomic E-state index is -0.249. The van der Waals surface area contributed by atoms with Crippen molar-refractivity contribution < 1.29 is 14.5 Å². The summed E-state index contributed by atoms with van der Waals surface area (Å²) in [5, 5.41) is 3.35. The van der Waals surface area contributed by atoms with Crippen LogP contribution in [-0.2, 0) is 0 Å². The van der Waals surface area contributed by atoms with Crippen LogP contribution in [0.4, 0.5) is 17.1 Å². The van der Waals surface area contributed by atoms with Crippen LogP contribution < -0.4 is 21.7 Å². The van der Waals surface area contributed by atoms with Crippen molar-refractivity contribution in [2.45, 2.75) is 19.3 Å². The van der Waals surface area contributed by atoms with Gasteiger partial charge in [-0.1, -0.05) is 12.1 Å². The fourth-order valence-electron chi connectivity index (χ4n) is 3.83. The Labute approximate surface area is 174 Å². The Morgan fingerprint density at radius 2 is 1.55 bits per heavy atom. The topological polar surface area (TPSA) is 103 Å². The Kier molecular flexibility index (Phi) is 6.88. The number of hydrogen-bond donors (Lipinski definition) is 4. The van der Waals surface area contributed by atoms with Crippen LogP contribution in [0.2, 0.25) is 0 Å². The van der Waals surface area contributed by atoms with Crippen molar-refractivity contribution in [2.24, 2.45) is 0 Å². The first-order valence-electron chi connectivity index (χ1n) is 10.1. The summed E-state index contributed by atoms with van der Waals surface area (Å²) in [6.45, 7) is 2.95. The summed E-state index contributed by atoms with van der Waals surface area (Å²) in [7, 11) is 4.98. The largest absolute Gasteiger partial charge is 0.398 e. The molecule has 29 heavy (non-hydrogen) atoms. The highest BCUT2D eigenvalue weighted by atomic mass is 31.0. The number of nitrogens with one attached hydrogen (secondary N) is 2. The van der Waals surface area contributed by atoms with Crippen LogP contribution in [-0.4, -0.2) is 44.4 Å². The summed E-state index contributed by atoms with van der Waals surface area (Å²) in [6.07, 6.45) is 4.60. The van der Waals surface area contributed by atoms with E-state index in [0.717, 1.165) is 25.7 Å². The van der Waals surface area contributed by atoms with E-state index in [2.05, 4.69) is 21.6 Å². The lowest BCUT2D eigenvalue weighted by Crippen LogP contribution is -3.09. The van der Waals surface area contributed by atoms with Gasteiger partial charge in [0.1, 0.15) is 0 Å². The molecule has 2 unspecified atom stereocenters. The second kappa shape index (κ2) is 9.38. The highest BCUT2D eigenvalue weighted by Crippen LogP contribution is 2.36. The minimum absolute atomic E-state index is 0.218. The lowest BCUT2D eigenvalue weighted by Gasteiger charge is -2.23. The van der Waals surface area contributed by atoms with Gasteiger partial charge in [-0.15, -0.1) is 9.24 Å². The van der Waals surface area contributed by atoms with Crippen molar-refractivity contribution >= 4 is 37.9 Å². The van der Waals surface area contributed by atoms with Crippen LogP contribution in [0.3, 0.4) is 0 Å². The maximum absolute atomic E-state index is 13.2. The van der Waals surface area contributed by atoms with Crippen molar-refractivity contribution in [3.8, 4) is 0 Å². The predicted octanol–water partition coefficient (Wildman–Crippen LogP) is 1.60. The number of carbonyl (C=O) groups excluding carboxylic acids is 2. The fraction of sp³-hybridized carbons (Fsp3) is 0.364. The number of unbranched alkanes of at least 4 members (excludes halogenated alkanes) is 1. The van der Waals surface area contributed by atoms with Crippen molar-refractivity contribution in [3.05, 3.63) is 52.6 Å². The molecule has 0 saturated carbocycles. The van der Waals surface area contributed by atoms with Crippen molar-refractivity contribution in [1.82, 2.24) is 0 Å². The highest BCUT2D eigenvalue weighted by molar-refractivity contribution is 7.16. The second-order valence-corrected chi connectivity index (χ2v) is 8.19. The van der Waals surface area contributed by atoms with Crippen LogP contribution in [0.25, 0.3) is 0 Å². The molecule has 1 aliphatic carbocycles. The number of quaternary nitrogens is 1. The quantitative estimate of drug-likeness (QED) is 0.242. The molecular weight excluding hydrogens is 383 g/mol. The van der Waals surface area contributed by atoms with E-state index in [1.807, 2.05) is 6.07 Å². The zero-order chi connectivity index (χ0) is 21.0. The molecule has 0 bridgehead atoms. The van der Waals surface area contributed by atoms with Gasteiger partial charge >= 0.3 is 0 Å². The zero-order valence-electron chi connectivity index (χ0n) is 16.9. The van der Waals surface area contributed by atoms with Crippen molar-refractivity contribution in [2.75, 3.05) is 49.6 Å². The molecule has 0 aromatic heterocycles. The van der Waals surface area contributed by atoms with E-state index in [4.69, 9.17) is 11.5 Å². The van der Waals surface area contributed by atoms with Gasteiger partial charge in [0.25, 0.3) is 0 Å². The van der Waals surface area contributed by atoms with Gasteiger partial charge in [0.2, 0.25) is 0 Å². The normalized spacial score (nSPS) is 13.7. The standard InChI is InChI=1S/C22H29N4O2P/c1-26(11-2-3-13-29)12-5-10-25-17-7-4-6-14-18(17)22(28)20-16(24)9-8-15(23)19(20)21(14)27/h4,6-9,25H,2-3,5,10-13,23-24,29H2,1H3/p+1. The highest BCUT2D eigenvalue weighted by Gasteiger charge is 2.34. The maximum atomic E-state index is 13.2. The molecule has 0 saturated heterocycles. The summed E-state index contributed by atoms with van der Waals surface area (Å²) < 4.78 is 0. The van der Waals surface area contributed by atoms with Gasteiger partial charge in [-0.05, 0) is 37.2 Å². The van der Waals surface area contributed by atoms with Gasteiger partial charge < -0.3 is 21.7 Å². The van der Waals surface area contributed by atoms with Gasteiger partial charge in [0.15, 0.2) is 11.6 Å². The van der Waals surface area contributed by atoms with Crippen LogP contribution in [0.1, 0.15) is 51.1 Å². The Bertz CT molecular complexity index is 929. The van der Waals surface area contributed by atoms with Crippen molar-refractivity contribution in [1.29, 1.82) is 0 Å². The molecule has 0 spiro atoms. The van der Waals surface area contributed by atoms with Gasteiger partial charge in [0.05, 0.1) is 36.8 Å². The number of nitrogen functional groups attached to an aromatic ring is 2. The average Bonchev–Trinajstić information content (AvgIpc) is 2.71. The first-order valence-corrected chi connectivity index (χ1v) is 10.9. The Balaban J connectivity index is 1.74. The van der Waals surface area contributed by atoms with Gasteiger partial charge in [-0.25, -0.2) is 0 Å². The maximum Gasteiger partial charge on any atom is 0.198 e. The molecule has 6 N–H and O–H groups in total. The molecule has 6 nitrogen and oxygen atoms in total. The molecule has 0 aliphatic heterocycles. The first kappa shape index (κ1) is 21.3. The molecule has 0 amide bonds. The fourth-order valence-corrected chi connectivity index (χ4v) is 4.12. The Morgan fingerprint density at radius 3 is 2.24 bits per heavy atom. The van der Waals surface area contributed by atoms with E-state index in [0.29, 0.717) is 16.8 Å². The summed E-state index contributed by atoms with van der Waals surface area (Å²) in [6, 6.07) is 8.46. The van der Waals surface area contributed by atoms with Gasteiger partial charge in [0, 0.05) is 35.6 Å². The second-order valence-electron chi connectivity index (χ2n) is 7.61. The summed E-state index contributed by atoms with van der Waals surface area (Å²) in [5.41, 5.74) is 14.4. The lowest BCUT2D eigenvalue weighted by molar-refractivity contribution is -0.879. The number of ketones is 2. The van der Waals surface area contributed by atoms with Crippen molar-refractivity contribution in [3.63, 3.8) is 0 Å². The van der Waals surface area contributed by atoms with E-state index in [9.17, 15) is 9.59 Å². The van der Waals surface area contributed by atoms with Crippen LogP contribution in [0, 0.1) is 0 Å². The minimum Gasteiger partial charge on any atom is -0.398 e. The molecule has 154 valence electrons. The van der Waals surface area contributed by atoms with Gasteiger partial charge in [-0.3, -0.25) is 9.59 Å². The molecule has 7 heteroatoms. The molecule has 2 aromatic rings. The zero-order valence-corrected chi connectivity index (χ0v) is 18.0. The van der Waals surface area contributed by atoms with E-state index in [1.165, 1.54) is 24.3 Å². The number of rotatable bonds is 9. The predicted molar refractivity (Wildman–Crippen MR) is 122 cm³/mol. The number of fused-ring (bicyclic) bond motifs is 2. The van der Waals surface area contributed by atoms with Crippen LogP contribution in [0.5, 0.6) is 0 Å². The number of carbonyl (C=O) groups is 2. The lowest BCUT2D eigenvalue weighted by atomic mass is 9.81. The van der Waals surface area contributed by atoms with Crippen LogP contribution >= 0.6 is 9.24 Å². The molecule has 0 heterocycles. The smallest absolute Gasteiger partial charge is 0.198 e. The molecule has 0 radical (unpaired) electrons. The first-order chi connectivity index (χ1) is 14.0. The SMILES string of the molecule is C[NH+](CCCCP)CCCNc1cccc2c1C(=O)c1c(N)ccc(N)c1C2=O. The molecule has 1 aliphatic rings. The molecule has 3 rings (SSSR count). The number of anilines is 3. The van der Waals surface area contributed by atoms with E-state index >= 15 is 0 Å². The third-order valence-corrected chi connectivity index (χ3v) is 5.82. The van der Waals surface area contributed by atoms with E-state index in [-0.39, 0.29) is 34.1 Å². The summed E-state index contributed by atoms with van der Waals surface area (Å²) in [5.74, 6) is -0.496. The van der Waals surface area contributed by atoms with Crippen LogP contribution in [0.15, 0.2) is 30.3 Å². The molecule has 2 atom stereocenters. The summed E-state index contributed by atoms with van der Waals surface area (Å²) in [4.78, 5) is 27.7. The average molecular weight is 413 g/mol. The third-order valence-electron chi connectivity index (χ3n) is 5.41. The summed E-state index contributed by atoms with van der Waals surface area (Å²) >= 11 is 0.